The third-order valence-corrected chi connectivity index (χ3v) is 3.32. The average molecular weight is 293 g/mol. The van der Waals surface area contributed by atoms with Gasteiger partial charge in [0.05, 0.1) is 18.9 Å². The maximum atomic E-state index is 11.8. The van der Waals surface area contributed by atoms with Crippen LogP contribution < -0.4 is 10.4 Å². The monoisotopic (exact) mass is 293 g/mol. The minimum absolute atomic E-state index is 0.298. The Bertz CT molecular complexity index is 851. The summed E-state index contributed by atoms with van der Waals surface area (Å²) in [6.45, 7) is 2.00. The summed E-state index contributed by atoms with van der Waals surface area (Å²) in [4.78, 5) is 16.3. The zero-order valence-corrected chi connectivity index (χ0v) is 12.4. The molecule has 0 saturated carbocycles. The molecule has 2 aromatic carbocycles. The van der Waals surface area contributed by atoms with Crippen molar-refractivity contribution >= 4 is 0 Å². The molecule has 0 spiro atoms. The van der Waals surface area contributed by atoms with Gasteiger partial charge < -0.3 is 9.15 Å². The molecule has 0 fully saturated rings. The lowest BCUT2D eigenvalue weighted by Gasteiger charge is -2.05. The second kappa shape index (κ2) is 5.85. The summed E-state index contributed by atoms with van der Waals surface area (Å²) in [5.74, 6) is 1.03. The van der Waals surface area contributed by atoms with E-state index in [2.05, 4.69) is 4.98 Å². The van der Waals surface area contributed by atoms with E-state index >= 15 is 0 Å². The lowest BCUT2D eigenvalue weighted by molar-refractivity contribution is 0.415. The first kappa shape index (κ1) is 14.1. The first-order valence-electron chi connectivity index (χ1n) is 6.89. The van der Waals surface area contributed by atoms with Gasteiger partial charge in [-0.25, -0.2) is 9.78 Å². The van der Waals surface area contributed by atoms with Gasteiger partial charge in [-0.2, -0.15) is 0 Å². The Morgan fingerprint density at radius 2 is 1.77 bits per heavy atom. The fraction of sp³-hybridized carbons (Fsp3) is 0.111. The van der Waals surface area contributed by atoms with Gasteiger partial charge in [0.1, 0.15) is 5.75 Å². The summed E-state index contributed by atoms with van der Waals surface area (Å²) in [6, 6.07) is 16.5. The SMILES string of the molecule is COc1ccc(-c2nc(-c3cccc(C)c3)cc(=O)o2)cc1. The minimum Gasteiger partial charge on any atom is -0.497 e. The van der Waals surface area contributed by atoms with Crippen LogP contribution in [0.15, 0.2) is 63.8 Å². The Morgan fingerprint density at radius 3 is 2.45 bits per heavy atom. The van der Waals surface area contributed by atoms with Crippen LogP contribution in [0.4, 0.5) is 0 Å². The standard InChI is InChI=1S/C18H15NO3/c1-12-4-3-5-14(10-12)16-11-17(20)22-18(19-16)13-6-8-15(21-2)9-7-13/h3-11H,1-2H3. The Labute approximate surface area is 128 Å². The summed E-state index contributed by atoms with van der Waals surface area (Å²) < 4.78 is 10.3. The molecule has 0 N–H and O–H groups in total. The van der Waals surface area contributed by atoms with Gasteiger partial charge >= 0.3 is 5.63 Å². The van der Waals surface area contributed by atoms with E-state index < -0.39 is 5.63 Å². The molecule has 0 aliphatic carbocycles. The zero-order chi connectivity index (χ0) is 15.5. The molecular weight excluding hydrogens is 278 g/mol. The molecule has 3 aromatic rings. The fourth-order valence-electron chi connectivity index (χ4n) is 2.21. The molecule has 0 aliphatic heterocycles. The highest BCUT2D eigenvalue weighted by molar-refractivity contribution is 5.63. The number of nitrogens with zero attached hydrogens (tertiary/aromatic N) is 1. The molecule has 1 heterocycles. The highest BCUT2D eigenvalue weighted by Gasteiger charge is 2.08. The number of hydrogen-bond acceptors (Lipinski definition) is 4. The van der Waals surface area contributed by atoms with Crippen molar-refractivity contribution < 1.29 is 9.15 Å². The van der Waals surface area contributed by atoms with Crippen LogP contribution in [0.5, 0.6) is 5.75 Å². The Balaban J connectivity index is 2.08. The molecule has 0 unspecified atom stereocenters. The third kappa shape index (κ3) is 2.91. The van der Waals surface area contributed by atoms with Crippen molar-refractivity contribution in [3.05, 3.63) is 70.6 Å². The highest BCUT2D eigenvalue weighted by Crippen LogP contribution is 2.23. The molecule has 0 amide bonds. The number of ether oxygens (including phenoxy) is 1. The van der Waals surface area contributed by atoms with Crippen LogP contribution in [0.3, 0.4) is 0 Å². The van der Waals surface area contributed by atoms with Crippen molar-refractivity contribution in [2.24, 2.45) is 0 Å². The molecule has 0 bridgehead atoms. The quantitative estimate of drug-likeness (QED) is 0.739. The van der Waals surface area contributed by atoms with Crippen LogP contribution in [0, 0.1) is 6.92 Å². The molecule has 22 heavy (non-hydrogen) atoms. The molecule has 0 radical (unpaired) electrons. The van der Waals surface area contributed by atoms with Crippen molar-refractivity contribution in [3.8, 4) is 28.5 Å². The summed E-state index contributed by atoms with van der Waals surface area (Å²) in [7, 11) is 1.60. The van der Waals surface area contributed by atoms with Gasteiger partial charge in [-0.05, 0) is 37.3 Å². The number of aromatic nitrogens is 1. The molecule has 4 heteroatoms. The second-order valence-electron chi connectivity index (χ2n) is 4.97. The van der Waals surface area contributed by atoms with Gasteiger partial charge in [0.15, 0.2) is 0 Å². The number of aryl methyl sites for hydroxylation is 1. The maximum Gasteiger partial charge on any atom is 0.339 e. The van der Waals surface area contributed by atoms with E-state index in [1.165, 1.54) is 6.07 Å². The number of methoxy groups -OCH3 is 1. The van der Waals surface area contributed by atoms with Gasteiger partial charge in [-0.1, -0.05) is 23.8 Å². The maximum absolute atomic E-state index is 11.8. The summed E-state index contributed by atoms with van der Waals surface area (Å²) in [5, 5.41) is 0. The first-order valence-corrected chi connectivity index (χ1v) is 6.89. The molecule has 0 saturated heterocycles. The molecule has 0 aliphatic rings. The second-order valence-corrected chi connectivity index (χ2v) is 4.97. The molecule has 110 valence electrons. The van der Waals surface area contributed by atoms with Crippen molar-refractivity contribution in [2.75, 3.05) is 7.11 Å². The van der Waals surface area contributed by atoms with Gasteiger partial charge in [0.25, 0.3) is 0 Å². The van der Waals surface area contributed by atoms with Crippen molar-refractivity contribution in [1.29, 1.82) is 0 Å². The smallest absolute Gasteiger partial charge is 0.339 e. The van der Waals surface area contributed by atoms with Gasteiger partial charge in [0.2, 0.25) is 5.89 Å². The van der Waals surface area contributed by atoms with Crippen LogP contribution in [-0.2, 0) is 0 Å². The predicted octanol–water partition coefficient (Wildman–Crippen LogP) is 3.69. The molecule has 1 aromatic heterocycles. The van der Waals surface area contributed by atoms with E-state index in [4.69, 9.17) is 9.15 Å². The van der Waals surface area contributed by atoms with Crippen LogP contribution in [0.2, 0.25) is 0 Å². The van der Waals surface area contributed by atoms with Crippen molar-refractivity contribution in [3.63, 3.8) is 0 Å². The predicted molar refractivity (Wildman–Crippen MR) is 84.9 cm³/mol. The van der Waals surface area contributed by atoms with E-state index in [0.717, 1.165) is 22.4 Å². The van der Waals surface area contributed by atoms with E-state index in [0.29, 0.717) is 11.6 Å². The Hall–Kier alpha value is -2.88. The number of hydrogen-bond donors (Lipinski definition) is 0. The van der Waals surface area contributed by atoms with Crippen LogP contribution >= 0.6 is 0 Å². The normalized spacial score (nSPS) is 10.5. The van der Waals surface area contributed by atoms with Crippen molar-refractivity contribution in [1.82, 2.24) is 4.98 Å². The van der Waals surface area contributed by atoms with E-state index in [1.54, 1.807) is 19.2 Å². The molecular formula is C18H15NO3. The zero-order valence-electron chi connectivity index (χ0n) is 12.4. The van der Waals surface area contributed by atoms with Gasteiger partial charge in [-0.3, -0.25) is 0 Å². The Kier molecular flexibility index (Phi) is 3.74. The third-order valence-electron chi connectivity index (χ3n) is 3.32. The topological polar surface area (TPSA) is 52.3 Å². The van der Waals surface area contributed by atoms with Crippen LogP contribution in [0.1, 0.15) is 5.56 Å². The van der Waals surface area contributed by atoms with E-state index in [-0.39, 0.29) is 0 Å². The van der Waals surface area contributed by atoms with Crippen LogP contribution in [-0.4, -0.2) is 12.1 Å². The van der Waals surface area contributed by atoms with Gasteiger partial charge in [-0.15, -0.1) is 0 Å². The summed E-state index contributed by atoms with van der Waals surface area (Å²) in [5.41, 5.74) is 2.91. The number of rotatable bonds is 3. The summed E-state index contributed by atoms with van der Waals surface area (Å²) in [6.07, 6.45) is 0. The van der Waals surface area contributed by atoms with E-state index in [1.807, 2.05) is 43.3 Å². The average Bonchev–Trinajstić information content (AvgIpc) is 2.54. The molecule has 4 nitrogen and oxygen atoms in total. The van der Waals surface area contributed by atoms with Gasteiger partial charge in [0, 0.05) is 11.1 Å². The number of benzene rings is 2. The largest absolute Gasteiger partial charge is 0.497 e. The first-order chi connectivity index (χ1) is 10.7. The highest BCUT2D eigenvalue weighted by atomic mass is 16.5. The minimum atomic E-state index is -0.419. The Morgan fingerprint density at radius 1 is 1.00 bits per heavy atom. The lowest BCUT2D eigenvalue weighted by Crippen LogP contribution is -2.02. The molecule has 0 atom stereocenters. The summed E-state index contributed by atoms with van der Waals surface area (Å²) >= 11 is 0. The fourth-order valence-corrected chi connectivity index (χ4v) is 2.21. The van der Waals surface area contributed by atoms with Crippen molar-refractivity contribution in [2.45, 2.75) is 6.92 Å². The molecule has 3 rings (SSSR count). The van der Waals surface area contributed by atoms with Crippen LogP contribution in [0.25, 0.3) is 22.7 Å². The lowest BCUT2D eigenvalue weighted by atomic mass is 10.1. The van der Waals surface area contributed by atoms with E-state index in [9.17, 15) is 4.79 Å².